The molecule has 20 heavy (non-hydrogen) atoms. The molecule has 0 radical (unpaired) electrons. The number of amides is 2. The molecule has 5 heteroatoms. The lowest BCUT2D eigenvalue weighted by Gasteiger charge is -2.42. The zero-order valence-corrected chi connectivity index (χ0v) is 11.8. The summed E-state index contributed by atoms with van der Waals surface area (Å²) in [6.45, 7) is 3.32. The van der Waals surface area contributed by atoms with Crippen molar-refractivity contribution in [1.29, 1.82) is 0 Å². The largest absolute Gasteiger partial charge is 0.369 e. The topological polar surface area (TPSA) is 75.4 Å². The maximum atomic E-state index is 11.6. The maximum absolute atomic E-state index is 11.6. The van der Waals surface area contributed by atoms with E-state index in [1.165, 1.54) is 0 Å². The van der Waals surface area contributed by atoms with Crippen LogP contribution in [0.25, 0.3) is 0 Å². The molecule has 1 saturated heterocycles. The van der Waals surface area contributed by atoms with Gasteiger partial charge in [-0.3, -0.25) is 14.5 Å². The first-order chi connectivity index (χ1) is 9.52. The van der Waals surface area contributed by atoms with Crippen LogP contribution in [0.5, 0.6) is 0 Å². The summed E-state index contributed by atoms with van der Waals surface area (Å²) >= 11 is 0. The number of hydrogen-bond acceptors (Lipinski definition) is 3. The van der Waals surface area contributed by atoms with Gasteiger partial charge in [0.05, 0.1) is 12.1 Å². The molecular weight excluding hydrogens is 254 g/mol. The van der Waals surface area contributed by atoms with E-state index in [1.807, 2.05) is 35.2 Å². The number of nitrogens with one attached hydrogen (secondary N) is 1. The Bertz CT molecular complexity index is 479. The third kappa shape index (κ3) is 3.36. The minimum absolute atomic E-state index is 0.0304. The molecule has 0 aromatic heterocycles. The van der Waals surface area contributed by atoms with Gasteiger partial charge in [0.15, 0.2) is 0 Å². The number of nitrogens with zero attached hydrogens (tertiary/aromatic N) is 1. The smallest absolute Gasteiger partial charge is 0.231 e. The quantitative estimate of drug-likeness (QED) is 0.845. The zero-order valence-electron chi connectivity index (χ0n) is 11.8. The van der Waals surface area contributed by atoms with Gasteiger partial charge in [0, 0.05) is 20.0 Å². The van der Waals surface area contributed by atoms with Gasteiger partial charge in [-0.15, -0.1) is 0 Å². The Labute approximate surface area is 119 Å². The van der Waals surface area contributed by atoms with Crippen molar-refractivity contribution in [3.05, 3.63) is 35.9 Å². The summed E-state index contributed by atoms with van der Waals surface area (Å²) in [4.78, 5) is 24.6. The molecule has 0 saturated carbocycles. The predicted octanol–water partition coefficient (Wildman–Crippen LogP) is 0.599. The fourth-order valence-electron chi connectivity index (χ4n) is 2.89. The highest BCUT2D eigenvalue weighted by molar-refractivity contribution is 5.76. The molecule has 0 spiro atoms. The molecule has 1 aromatic carbocycles. The second-order valence-electron chi connectivity index (χ2n) is 5.37. The number of nitrogens with two attached hydrogens (primary N) is 1. The predicted molar refractivity (Wildman–Crippen MR) is 76.8 cm³/mol. The summed E-state index contributed by atoms with van der Waals surface area (Å²) in [5.74, 6) is -0.339. The van der Waals surface area contributed by atoms with E-state index in [-0.39, 0.29) is 23.9 Å². The maximum Gasteiger partial charge on any atom is 0.231 e. The number of hydrogen-bond donors (Lipinski definition) is 2. The number of carbonyl (C=O) groups excluding carboxylic acids is 2. The van der Waals surface area contributed by atoms with Crippen molar-refractivity contribution in [1.82, 2.24) is 10.2 Å². The Morgan fingerprint density at radius 3 is 2.35 bits per heavy atom. The van der Waals surface area contributed by atoms with E-state index >= 15 is 0 Å². The third-order valence-electron chi connectivity index (χ3n) is 3.83. The molecule has 1 aliphatic rings. The second kappa shape index (κ2) is 6.05. The van der Waals surface area contributed by atoms with Crippen molar-refractivity contribution < 1.29 is 9.59 Å². The van der Waals surface area contributed by atoms with Crippen molar-refractivity contribution in [3.63, 3.8) is 0 Å². The summed E-state index contributed by atoms with van der Waals surface area (Å²) < 4.78 is 0. The molecule has 0 aliphatic carbocycles. The lowest BCUT2D eigenvalue weighted by atomic mass is 9.80. The average molecular weight is 275 g/mol. The van der Waals surface area contributed by atoms with Crippen LogP contribution in [-0.4, -0.2) is 36.3 Å². The van der Waals surface area contributed by atoms with Crippen molar-refractivity contribution >= 4 is 11.8 Å². The van der Waals surface area contributed by atoms with Gasteiger partial charge in [-0.05, 0) is 18.4 Å². The van der Waals surface area contributed by atoms with E-state index in [9.17, 15) is 9.59 Å². The van der Waals surface area contributed by atoms with Crippen LogP contribution in [0.3, 0.4) is 0 Å². The normalized spacial score (nSPS) is 18.4. The molecule has 5 nitrogen and oxygen atoms in total. The van der Waals surface area contributed by atoms with Gasteiger partial charge < -0.3 is 11.1 Å². The van der Waals surface area contributed by atoms with Crippen molar-refractivity contribution in [2.24, 2.45) is 5.73 Å². The molecule has 0 bridgehead atoms. The van der Waals surface area contributed by atoms with E-state index in [2.05, 4.69) is 5.32 Å². The minimum atomic E-state index is -0.332. The Morgan fingerprint density at radius 2 is 1.85 bits per heavy atom. The highest BCUT2D eigenvalue weighted by atomic mass is 16.2. The zero-order chi connectivity index (χ0) is 14.6. The van der Waals surface area contributed by atoms with Gasteiger partial charge in [0.25, 0.3) is 0 Å². The van der Waals surface area contributed by atoms with Crippen LogP contribution in [0, 0.1) is 0 Å². The van der Waals surface area contributed by atoms with E-state index in [0.29, 0.717) is 0 Å². The molecule has 1 fully saturated rings. The summed E-state index contributed by atoms with van der Waals surface area (Å²) in [5.41, 5.74) is 6.02. The Balaban J connectivity index is 2.15. The van der Waals surface area contributed by atoms with E-state index < -0.39 is 0 Å². The molecule has 2 rings (SSSR count). The van der Waals surface area contributed by atoms with Crippen LogP contribution < -0.4 is 11.1 Å². The van der Waals surface area contributed by atoms with Crippen molar-refractivity contribution in [3.8, 4) is 0 Å². The van der Waals surface area contributed by atoms with Crippen LogP contribution >= 0.6 is 0 Å². The molecule has 108 valence electrons. The lowest BCUT2D eigenvalue weighted by molar-refractivity contribution is -0.123. The van der Waals surface area contributed by atoms with Crippen LogP contribution in [0.15, 0.2) is 30.3 Å². The monoisotopic (exact) mass is 275 g/mol. The fourth-order valence-corrected chi connectivity index (χ4v) is 2.89. The number of benzene rings is 1. The molecule has 1 aromatic rings. The van der Waals surface area contributed by atoms with Crippen molar-refractivity contribution in [2.75, 3.05) is 19.6 Å². The minimum Gasteiger partial charge on any atom is -0.369 e. The van der Waals surface area contributed by atoms with Crippen LogP contribution in [0.1, 0.15) is 25.3 Å². The molecule has 0 atom stereocenters. The molecular formula is C15H21N3O2. The number of piperidine rings is 1. The molecule has 2 amide bonds. The number of rotatable bonds is 4. The standard InChI is InChI=1S/C15H21N3O2/c1-12(19)17-15(13-5-3-2-4-6-13)7-9-18(10-8-15)11-14(16)20/h2-6H,7-11H2,1H3,(H2,16,20)(H,17,19). The van der Waals surface area contributed by atoms with E-state index in [1.54, 1.807) is 6.92 Å². The van der Waals surface area contributed by atoms with Crippen LogP contribution in [0.2, 0.25) is 0 Å². The summed E-state index contributed by atoms with van der Waals surface area (Å²) in [6.07, 6.45) is 1.56. The number of carbonyl (C=O) groups is 2. The average Bonchev–Trinajstić information content (AvgIpc) is 2.41. The van der Waals surface area contributed by atoms with Gasteiger partial charge in [0.1, 0.15) is 0 Å². The molecule has 1 heterocycles. The van der Waals surface area contributed by atoms with Gasteiger partial charge in [-0.2, -0.15) is 0 Å². The summed E-state index contributed by atoms with van der Waals surface area (Å²) in [7, 11) is 0. The Hall–Kier alpha value is -1.88. The fraction of sp³-hybridized carbons (Fsp3) is 0.467. The Kier molecular flexibility index (Phi) is 4.39. The van der Waals surface area contributed by atoms with Crippen molar-refractivity contribution in [2.45, 2.75) is 25.3 Å². The first kappa shape index (κ1) is 14.5. The lowest BCUT2D eigenvalue weighted by Crippen LogP contribution is -2.53. The molecule has 0 unspecified atom stereocenters. The third-order valence-corrected chi connectivity index (χ3v) is 3.83. The SMILES string of the molecule is CC(=O)NC1(c2ccccc2)CCN(CC(N)=O)CC1. The molecule has 1 aliphatic heterocycles. The highest BCUT2D eigenvalue weighted by Gasteiger charge is 2.36. The number of likely N-dealkylation sites (tertiary alicyclic amines) is 1. The van der Waals surface area contributed by atoms with Crippen LogP contribution in [0.4, 0.5) is 0 Å². The first-order valence-corrected chi connectivity index (χ1v) is 6.87. The first-order valence-electron chi connectivity index (χ1n) is 6.87. The highest BCUT2D eigenvalue weighted by Crippen LogP contribution is 2.32. The summed E-state index contributed by atoms with van der Waals surface area (Å²) in [6, 6.07) is 10.0. The van der Waals surface area contributed by atoms with E-state index in [4.69, 9.17) is 5.73 Å². The van der Waals surface area contributed by atoms with Gasteiger partial charge in [-0.25, -0.2) is 0 Å². The van der Waals surface area contributed by atoms with Gasteiger partial charge in [-0.1, -0.05) is 30.3 Å². The van der Waals surface area contributed by atoms with E-state index in [0.717, 1.165) is 31.5 Å². The summed E-state index contributed by atoms with van der Waals surface area (Å²) in [5, 5.41) is 3.10. The second-order valence-corrected chi connectivity index (χ2v) is 5.37. The van der Waals surface area contributed by atoms with Gasteiger partial charge in [0.2, 0.25) is 11.8 Å². The Morgan fingerprint density at radius 1 is 1.25 bits per heavy atom. The number of primary amides is 1. The molecule has 3 N–H and O–H groups in total. The van der Waals surface area contributed by atoms with Crippen LogP contribution in [-0.2, 0) is 15.1 Å². The van der Waals surface area contributed by atoms with Gasteiger partial charge >= 0.3 is 0 Å².